The van der Waals surface area contributed by atoms with Crippen LogP contribution in [0.15, 0.2) is 47.2 Å². The molecule has 10 heteroatoms. The van der Waals surface area contributed by atoms with Gasteiger partial charge >= 0.3 is 6.09 Å². The van der Waals surface area contributed by atoms with Gasteiger partial charge in [0.1, 0.15) is 23.2 Å². The molecule has 1 aromatic carbocycles. The lowest BCUT2D eigenvalue weighted by molar-refractivity contribution is 0.0522. The van der Waals surface area contributed by atoms with Crippen molar-refractivity contribution in [2.45, 2.75) is 84.3 Å². The summed E-state index contributed by atoms with van der Waals surface area (Å²) in [6.45, 7) is 18.9. The largest absolute Gasteiger partial charge is 0.444 e. The average Bonchev–Trinajstić information content (AvgIpc) is 3.43. The summed E-state index contributed by atoms with van der Waals surface area (Å²) >= 11 is 2.27. The predicted octanol–water partition coefficient (Wildman–Crippen LogP) is 7.34. The number of carbonyl (C=O) groups excluding carboxylic acids is 1. The lowest BCUT2D eigenvalue weighted by atomic mass is 10.1. The van der Waals surface area contributed by atoms with E-state index in [4.69, 9.17) is 13.7 Å². The van der Waals surface area contributed by atoms with E-state index in [9.17, 15) is 4.79 Å². The Morgan fingerprint density at radius 3 is 2.41 bits per heavy atom. The fraction of sp³-hybridized carbons (Fsp3) is 0.519. The first kappa shape index (κ1) is 29.4. The molecule has 0 saturated carbocycles. The van der Waals surface area contributed by atoms with Gasteiger partial charge in [-0.05, 0) is 80.6 Å². The van der Waals surface area contributed by atoms with Crippen LogP contribution < -0.4 is 5.32 Å². The van der Waals surface area contributed by atoms with Gasteiger partial charge in [-0.3, -0.25) is 0 Å². The molecule has 2 aromatic heterocycles. The van der Waals surface area contributed by atoms with Gasteiger partial charge in [-0.2, -0.15) is 0 Å². The number of nitrogens with one attached hydrogen (secondary N) is 1. The summed E-state index contributed by atoms with van der Waals surface area (Å²) in [7, 11) is -2.05. The Balaban J connectivity index is 1.94. The number of alkyl carbamates (subject to hydrolysis) is 1. The number of carbonyl (C=O) groups is 1. The molecule has 0 radical (unpaired) electrons. The highest BCUT2D eigenvalue weighted by atomic mass is 127. The molecule has 3 aromatic rings. The molecule has 1 amide bonds. The molecular weight excluding hydrogens is 599 g/mol. The summed E-state index contributed by atoms with van der Waals surface area (Å²) in [5.41, 5.74) is 0.999. The fourth-order valence-corrected chi connectivity index (χ4v) is 5.31. The number of halogens is 1. The van der Waals surface area contributed by atoms with Crippen molar-refractivity contribution < 1.29 is 18.5 Å². The second kappa shape index (κ2) is 11.3. The Kier molecular flexibility index (Phi) is 8.96. The molecule has 0 aliphatic carbocycles. The van der Waals surface area contributed by atoms with Crippen molar-refractivity contribution in [3.05, 3.63) is 57.8 Å². The minimum Gasteiger partial charge on any atom is -0.444 e. The van der Waals surface area contributed by atoms with Crippen LogP contribution >= 0.6 is 22.6 Å². The van der Waals surface area contributed by atoms with Crippen molar-refractivity contribution in [1.82, 2.24) is 20.0 Å². The van der Waals surface area contributed by atoms with E-state index in [0.29, 0.717) is 11.5 Å². The molecule has 0 aliphatic rings. The normalized spacial score (nSPS) is 14.3. The fourth-order valence-electron chi connectivity index (χ4n) is 3.61. The van der Waals surface area contributed by atoms with E-state index in [1.165, 1.54) is 0 Å². The maximum atomic E-state index is 12.5. The van der Waals surface area contributed by atoms with E-state index in [1.54, 1.807) is 6.20 Å². The third-order valence-electron chi connectivity index (χ3n) is 6.51. The molecule has 0 fully saturated rings. The van der Waals surface area contributed by atoms with Crippen molar-refractivity contribution in [3.8, 4) is 11.3 Å². The number of amides is 1. The Hall–Kier alpha value is -2.18. The molecule has 2 heterocycles. The predicted molar refractivity (Wildman–Crippen MR) is 156 cm³/mol. The smallest absolute Gasteiger partial charge is 0.407 e. The first-order valence-electron chi connectivity index (χ1n) is 12.5. The minimum absolute atomic E-state index is 0.0604. The highest BCUT2D eigenvalue weighted by molar-refractivity contribution is 14.1. The maximum absolute atomic E-state index is 12.5. The van der Waals surface area contributed by atoms with Crippen molar-refractivity contribution in [1.29, 1.82) is 0 Å². The zero-order chi connectivity index (χ0) is 27.6. The summed E-state index contributed by atoms with van der Waals surface area (Å²) in [4.78, 5) is 17.2. The maximum Gasteiger partial charge on any atom is 0.407 e. The van der Waals surface area contributed by atoms with Crippen LogP contribution in [0.25, 0.3) is 11.3 Å². The van der Waals surface area contributed by atoms with Crippen LogP contribution in [-0.2, 0) is 9.16 Å². The Bertz CT molecular complexity index is 1190. The first-order chi connectivity index (χ1) is 17.1. The van der Waals surface area contributed by atoms with Gasteiger partial charge in [0.15, 0.2) is 14.1 Å². The topological polar surface area (TPSA) is 91.4 Å². The lowest BCUT2D eigenvalue weighted by Gasteiger charge is -2.38. The minimum atomic E-state index is -2.05. The summed E-state index contributed by atoms with van der Waals surface area (Å²) in [6.07, 6.45) is 2.90. The van der Waals surface area contributed by atoms with Crippen molar-refractivity contribution in [2.24, 2.45) is 0 Å². The summed E-state index contributed by atoms with van der Waals surface area (Å²) in [5, 5.41) is 7.35. The van der Waals surface area contributed by atoms with Gasteiger partial charge in [-0.25, -0.2) is 9.78 Å². The van der Waals surface area contributed by atoms with Gasteiger partial charge in [0.2, 0.25) is 0 Å². The number of benzene rings is 1. The third-order valence-corrected chi connectivity index (χ3v) is 11.8. The highest BCUT2D eigenvalue weighted by Crippen LogP contribution is 2.40. The number of hydrogen-bond donors (Lipinski definition) is 1. The Morgan fingerprint density at radius 1 is 1.16 bits per heavy atom. The summed E-state index contributed by atoms with van der Waals surface area (Å²) < 4.78 is 21.0. The van der Waals surface area contributed by atoms with Gasteiger partial charge < -0.3 is 23.6 Å². The number of imidazole rings is 1. The lowest BCUT2D eigenvalue weighted by Crippen LogP contribution is -2.42. The van der Waals surface area contributed by atoms with Crippen LogP contribution in [0.2, 0.25) is 18.1 Å². The van der Waals surface area contributed by atoms with E-state index < -0.39 is 20.0 Å². The molecule has 1 N–H and O–H groups in total. The number of aromatic nitrogens is 3. The monoisotopic (exact) mass is 638 g/mol. The van der Waals surface area contributed by atoms with Gasteiger partial charge in [0.25, 0.3) is 0 Å². The molecule has 1 unspecified atom stereocenters. The average molecular weight is 639 g/mol. The van der Waals surface area contributed by atoms with E-state index in [0.717, 1.165) is 15.0 Å². The highest BCUT2D eigenvalue weighted by Gasteiger charge is 2.39. The second-order valence-electron chi connectivity index (χ2n) is 11.7. The van der Waals surface area contributed by atoms with Crippen LogP contribution in [-0.4, -0.2) is 41.3 Å². The van der Waals surface area contributed by atoms with E-state index in [1.807, 2.05) is 68.8 Å². The Morgan fingerprint density at radius 2 is 1.81 bits per heavy atom. The number of rotatable bonds is 8. The number of hydrogen-bond acceptors (Lipinski definition) is 6. The van der Waals surface area contributed by atoms with Crippen molar-refractivity contribution >= 4 is 37.0 Å². The standard InChI is InChI=1S/C27H39IN4O4Si/c1-18(36-37(8,9)27(5,6)7)24-29-14-15-32(24)22(17-30-25(33)34-26(2,3)4)21-16-23(35-31-21)19-10-12-20(28)13-11-19/h10-16,18,22H,17H2,1-9H3,(H,30,33)/t18?,22-/m1/s1. The summed E-state index contributed by atoms with van der Waals surface area (Å²) in [5.74, 6) is 1.42. The number of nitrogens with zero attached hydrogens (tertiary/aromatic N) is 3. The van der Waals surface area contributed by atoms with E-state index in [2.05, 4.69) is 71.9 Å². The zero-order valence-electron chi connectivity index (χ0n) is 23.3. The molecule has 202 valence electrons. The van der Waals surface area contributed by atoms with Crippen LogP contribution in [0.3, 0.4) is 0 Å². The second-order valence-corrected chi connectivity index (χ2v) is 17.7. The van der Waals surface area contributed by atoms with Gasteiger partial charge in [0, 0.05) is 34.1 Å². The first-order valence-corrected chi connectivity index (χ1v) is 16.5. The van der Waals surface area contributed by atoms with Crippen LogP contribution in [0.4, 0.5) is 4.79 Å². The van der Waals surface area contributed by atoms with Crippen LogP contribution in [0.1, 0.15) is 72.1 Å². The Labute approximate surface area is 234 Å². The zero-order valence-corrected chi connectivity index (χ0v) is 26.4. The van der Waals surface area contributed by atoms with E-state index >= 15 is 0 Å². The molecule has 0 saturated heterocycles. The van der Waals surface area contributed by atoms with Gasteiger partial charge in [-0.1, -0.05) is 38.1 Å². The SMILES string of the molecule is CC(O[Si](C)(C)C(C)(C)C)c1nccn1[C@H](CNC(=O)OC(C)(C)C)c1cc(-c2ccc(I)cc2)on1. The molecular formula is C27H39IN4O4Si. The van der Waals surface area contributed by atoms with E-state index in [-0.39, 0.29) is 23.7 Å². The van der Waals surface area contributed by atoms with Crippen molar-refractivity contribution in [2.75, 3.05) is 6.54 Å². The molecule has 0 spiro atoms. The molecule has 0 bridgehead atoms. The molecule has 0 aliphatic heterocycles. The summed E-state index contributed by atoms with van der Waals surface area (Å²) in [6, 6.07) is 9.57. The van der Waals surface area contributed by atoms with Crippen molar-refractivity contribution in [3.63, 3.8) is 0 Å². The third kappa shape index (κ3) is 7.67. The van der Waals surface area contributed by atoms with Crippen LogP contribution in [0.5, 0.6) is 0 Å². The van der Waals surface area contributed by atoms with Crippen LogP contribution in [0, 0.1) is 3.57 Å². The molecule has 8 nitrogen and oxygen atoms in total. The quantitative estimate of drug-likeness (QED) is 0.205. The molecule has 3 rings (SSSR count). The van der Waals surface area contributed by atoms with Gasteiger partial charge in [-0.15, -0.1) is 0 Å². The molecule has 2 atom stereocenters. The number of ether oxygens (including phenoxy) is 1. The molecule has 37 heavy (non-hydrogen) atoms. The van der Waals surface area contributed by atoms with Gasteiger partial charge in [0.05, 0.1) is 6.04 Å².